The number of nitrogens with zero attached hydrogens (tertiary/aromatic N) is 1. The summed E-state index contributed by atoms with van der Waals surface area (Å²) in [6.45, 7) is 2.37. The number of hydrogen-bond acceptors (Lipinski definition) is 3. The molecule has 0 bridgehead atoms. The van der Waals surface area contributed by atoms with Crippen molar-refractivity contribution in [1.29, 1.82) is 0 Å². The molecule has 1 aromatic rings. The van der Waals surface area contributed by atoms with E-state index in [0.717, 1.165) is 0 Å². The lowest BCUT2D eigenvalue weighted by Crippen LogP contribution is -2.46. The number of rotatable bonds is 3. The third-order valence-corrected chi connectivity index (χ3v) is 5.25. The molecule has 0 spiro atoms. The Labute approximate surface area is 117 Å². The second kappa shape index (κ2) is 5.75. The van der Waals surface area contributed by atoms with Crippen molar-refractivity contribution in [2.24, 2.45) is 0 Å². The highest BCUT2D eigenvalue weighted by molar-refractivity contribution is 7.88. The zero-order valence-electron chi connectivity index (χ0n) is 9.70. The number of sulfonamides is 1. The molecule has 1 aliphatic rings. The molecular formula is C11H14Cl2N2O2S. The molecule has 2 rings (SSSR count). The minimum atomic E-state index is -3.33. The number of benzene rings is 1. The molecule has 0 radical (unpaired) electrons. The van der Waals surface area contributed by atoms with Gasteiger partial charge in [0.15, 0.2) is 0 Å². The average Bonchev–Trinajstić information content (AvgIpc) is 2.35. The monoisotopic (exact) mass is 308 g/mol. The Morgan fingerprint density at radius 2 is 1.89 bits per heavy atom. The van der Waals surface area contributed by atoms with Gasteiger partial charge in [-0.25, -0.2) is 8.42 Å². The number of hydrogen-bond donors (Lipinski definition) is 1. The van der Waals surface area contributed by atoms with E-state index in [-0.39, 0.29) is 5.75 Å². The first kappa shape index (κ1) is 14.1. The van der Waals surface area contributed by atoms with Gasteiger partial charge in [0, 0.05) is 36.2 Å². The maximum atomic E-state index is 12.2. The van der Waals surface area contributed by atoms with Crippen molar-refractivity contribution in [1.82, 2.24) is 9.62 Å². The van der Waals surface area contributed by atoms with Gasteiger partial charge in [0.2, 0.25) is 10.0 Å². The molecular weight excluding hydrogens is 295 g/mol. The van der Waals surface area contributed by atoms with Crippen LogP contribution in [0.5, 0.6) is 0 Å². The fourth-order valence-electron chi connectivity index (χ4n) is 1.86. The van der Waals surface area contributed by atoms with Crippen molar-refractivity contribution in [3.63, 3.8) is 0 Å². The lowest BCUT2D eigenvalue weighted by Gasteiger charge is -2.26. The first-order valence-corrected chi connectivity index (χ1v) is 7.98. The van der Waals surface area contributed by atoms with E-state index in [4.69, 9.17) is 23.2 Å². The quantitative estimate of drug-likeness (QED) is 0.925. The molecule has 0 saturated carbocycles. The first-order chi connectivity index (χ1) is 8.49. The van der Waals surface area contributed by atoms with Crippen molar-refractivity contribution < 1.29 is 8.42 Å². The molecule has 1 N–H and O–H groups in total. The molecule has 0 amide bonds. The molecule has 0 aliphatic carbocycles. The highest BCUT2D eigenvalue weighted by Gasteiger charge is 2.24. The van der Waals surface area contributed by atoms with E-state index in [0.29, 0.717) is 41.8 Å². The van der Waals surface area contributed by atoms with Crippen LogP contribution in [0, 0.1) is 0 Å². The van der Waals surface area contributed by atoms with Gasteiger partial charge in [0.05, 0.1) is 5.75 Å². The smallest absolute Gasteiger partial charge is 0.218 e. The summed E-state index contributed by atoms with van der Waals surface area (Å²) < 4.78 is 25.9. The number of piperazine rings is 1. The summed E-state index contributed by atoms with van der Waals surface area (Å²) >= 11 is 11.8. The van der Waals surface area contributed by atoms with Crippen LogP contribution in [0.1, 0.15) is 5.56 Å². The van der Waals surface area contributed by atoms with Crippen molar-refractivity contribution in [3.05, 3.63) is 33.8 Å². The van der Waals surface area contributed by atoms with Crippen LogP contribution < -0.4 is 5.32 Å². The predicted molar refractivity (Wildman–Crippen MR) is 73.5 cm³/mol. The Kier molecular flexibility index (Phi) is 4.50. The van der Waals surface area contributed by atoms with E-state index in [9.17, 15) is 8.42 Å². The van der Waals surface area contributed by atoms with Crippen LogP contribution in [-0.4, -0.2) is 38.9 Å². The van der Waals surface area contributed by atoms with Crippen molar-refractivity contribution in [3.8, 4) is 0 Å². The predicted octanol–water partition coefficient (Wildman–Crippen LogP) is 1.73. The van der Waals surface area contributed by atoms with E-state index in [2.05, 4.69) is 5.32 Å². The zero-order valence-corrected chi connectivity index (χ0v) is 12.0. The molecule has 1 fully saturated rings. The first-order valence-electron chi connectivity index (χ1n) is 5.61. The van der Waals surface area contributed by atoms with Gasteiger partial charge in [0.1, 0.15) is 0 Å². The van der Waals surface area contributed by atoms with E-state index in [1.54, 1.807) is 18.2 Å². The molecule has 1 heterocycles. The van der Waals surface area contributed by atoms with E-state index in [1.165, 1.54) is 4.31 Å². The van der Waals surface area contributed by atoms with Gasteiger partial charge in [-0.05, 0) is 23.8 Å². The Bertz CT molecular complexity index is 528. The Morgan fingerprint density at radius 3 is 2.56 bits per heavy atom. The molecule has 18 heavy (non-hydrogen) atoms. The van der Waals surface area contributed by atoms with Gasteiger partial charge >= 0.3 is 0 Å². The van der Waals surface area contributed by atoms with Gasteiger partial charge in [-0.3, -0.25) is 0 Å². The van der Waals surface area contributed by atoms with E-state index < -0.39 is 10.0 Å². The normalized spacial score (nSPS) is 17.9. The lowest BCUT2D eigenvalue weighted by molar-refractivity contribution is 0.360. The number of nitrogens with one attached hydrogen (secondary N) is 1. The molecule has 4 nitrogen and oxygen atoms in total. The molecule has 0 unspecified atom stereocenters. The van der Waals surface area contributed by atoms with Gasteiger partial charge in [-0.1, -0.05) is 23.2 Å². The third kappa shape index (κ3) is 3.36. The summed E-state index contributed by atoms with van der Waals surface area (Å²) in [5, 5.41) is 4.04. The topological polar surface area (TPSA) is 49.4 Å². The highest BCUT2D eigenvalue weighted by Crippen LogP contribution is 2.23. The van der Waals surface area contributed by atoms with Crippen LogP contribution in [0.25, 0.3) is 0 Å². The summed E-state index contributed by atoms with van der Waals surface area (Å²) in [5.41, 5.74) is 0.544. The average molecular weight is 309 g/mol. The van der Waals surface area contributed by atoms with E-state index >= 15 is 0 Å². The number of halogens is 2. The third-order valence-electron chi connectivity index (χ3n) is 2.82. The van der Waals surface area contributed by atoms with Gasteiger partial charge < -0.3 is 5.32 Å². The van der Waals surface area contributed by atoms with Gasteiger partial charge in [-0.2, -0.15) is 4.31 Å². The minimum Gasteiger partial charge on any atom is -0.314 e. The largest absolute Gasteiger partial charge is 0.314 e. The fraction of sp³-hybridized carbons (Fsp3) is 0.455. The van der Waals surface area contributed by atoms with Crippen LogP contribution in [0.15, 0.2) is 18.2 Å². The Balaban J connectivity index is 2.18. The van der Waals surface area contributed by atoms with Crippen molar-refractivity contribution >= 4 is 33.2 Å². The standard InChI is InChI=1S/C11H14Cl2N2O2S/c12-10-1-2-11(13)9(7-10)8-18(16,17)15-5-3-14-4-6-15/h1-2,7,14H,3-6,8H2. The Morgan fingerprint density at radius 1 is 1.22 bits per heavy atom. The van der Waals surface area contributed by atoms with Crippen LogP contribution in [0.2, 0.25) is 10.0 Å². The van der Waals surface area contributed by atoms with Gasteiger partial charge in [-0.15, -0.1) is 0 Å². The summed E-state index contributed by atoms with van der Waals surface area (Å²) in [6, 6.07) is 4.86. The van der Waals surface area contributed by atoms with Crippen molar-refractivity contribution in [2.45, 2.75) is 5.75 Å². The van der Waals surface area contributed by atoms with Crippen LogP contribution in [0.3, 0.4) is 0 Å². The van der Waals surface area contributed by atoms with Crippen LogP contribution in [-0.2, 0) is 15.8 Å². The molecule has 0 atom stereocenters. The zero-order chi connectivity index (χ0) is 13.2. The molecule has 7 heteroatoms. The summed E-state index contributed by atoms with van der Waals surface area (Å²) in [4.78, 5) is 0. The molecule has 1 aliphatic heterocycles. The highest BCUT2D eigenvalue weighted by atomic mass is 35.5. The summed E-state index contributed by atoms with van der Waals surface area (Å²) in [7, 11) is -3.33. The van der Waals surface area contributed by atoms with Crippen LogP contribution >= 0.6 is 23.2 Å². The summed E-state index contributed by atoms with van der Waals surface area (Å²) in [5.74, 6) is -0.105. The minimum absolute atomic E-state index is 0.105. The second-order valence-electron chi connectivity index (χ2n) is 4.14. The maximum absolute atomic E-state index is 12.2. The second-order valence-corrected chi connectivity index (χ2v) is 6.95. The molecule has 100 valence electrons. The lowest BCUT2D eigenvalue weighted by atomic mass is 10.2. The van der Waals surface area contributed by atoms with Crippen molar-refractivity contribution in [2.75, 3.05) is 26.2 Å². The van der Waals surface area contributed by atoms with E-state index in [1.807, 2.05) is 0 Å². The fourth-order valence-corrected chi connectivity index (χ4v) is 3.88. The molecule has 0 aromatic heterocycles. The maximum Gasteiger partial charge on any atom is 0.218 e. The summed E-state index contributed by atoms with van der Waals surface area (Å²) in [6.07, 6.45) is 0. The van der Waals surface area contributed by atoms with Gasteiger partial charge in [0.25, 0.3) is 0 Å². The Hall–Kier alpha value is -0.330. The molecule has 1 aromatic carbocycles. The van der Waals surface area contributed by atoms with Crippen LogP contribution in [0.4, 0.5) is 0 Å². The SMILES string of the molecule is O=S(=O)(Cc1cc(Cl)ccc1Cl)N1CCNCC1. The molecule has 1 saturated heterocycles.